The quantitative estimate of drug-likeness (QED) is 0.483. The number of piperidine rings is 1. The number of rotatable bonds is 8. The molecule has 1 fully saturated rings. The minimum Gasteiger partial charge on any atom is -0.464 e. The maximum absolute atomic E-state index is 13.7. The van der Waals surface area contributed by atoms with Gasteiger partial charge in [0.25, 0.3) is 0 Å². The van der Waals surface area contributed by atoms with Gasteiger partial charge in [-0.15, -0.1) is 0 Å². The van der Waals surface area contributed by atoms with Gasteiger partial charge >= 0.3 is 5.97 Å². The van der Waals surface area contributed by atoms with E-state index in [0.717, 1.165) is 23.6 Å². The molecule has 0 aliphatic carbocycles. The number of hydrogen-bond donors (Lipinski definition) is 1. The van der Waals surface area contributed by atoms with Gasteiger partial charge in [0.05, 0.1) is 11.5 Å². The van der Waals surface area contributed by atoms with Crippen LogP contribution in [0.1, 0.15) is 52.5 Å². The summed E-state index contributed by atoms with van der Waals surface area (Å²) in [6.07, 6.45) is 0.369. The maximum Gasteiger partial charge on any atom is 0.327 e. The molecule has 0 spiro atoms. The molecular weight excluding hydrogens is 472 g/mol. The Morgan fingerprint density at radius 1 is 0.943 bits per heavy atom. The first-order valence-corrected chi connectivity index (χ1v) is 13.4. The Morgan fingerprint density at radius 3 is 1.94 bits per heavy atom. The molecule has 0 atom stereocenters. The van der Waals surface area contributed by atoms with Crippen LogP contribution in [0.4, 0.5) is 8.78 Å². The summed E-state index contributed by atoms with van der Waals surface area (Å²) in [4.78, 5) is 13.2. The normalized spacial score (nSPS) is 16.6. The zero-order valence-corrected chi connectivity index (χ0v) is 21.7. The van der Waals surface area contributed by atoms with Crippen LogP contribution in [0, 0.1) is 5.41 Å². The number of halogens is 2. The van der Waals surface area contributed by atoms with Crippen LogP contribution in [0.2, 0.25) is 0 Å². The van der Waals surface area contributed by atoms with Gasteiger partial charge in [0, 0.05) is 6.42 Å². The number of carbonyl (C=O) groups is 1. The number of sulfone groups is 1. The number of benzene rings is 2. The highest BCUT2D eigenvalue weighted by Gasteiger charge is 2.53. The molecule has 0 unspecified atom stereocenters. The summed E-state index contributed by atoms with van der Waals surface area (Å²) < 4.78 is 57.6. The number of carbonyl (C=O) groups excluding carboxylic acids is 1. The Labute approximate surface area is 207 Å². The molecular formula is C27H35F2NO4S. The van der Waals surface area contributed by atoms with E-state index in [1.165, 1.54) is 12.1 Å². The highest BCUT2D eigenvalue weighted by Crippen LogP contribution is 2.36. The van der Waals surface area contributed by atoms with Crippen molar-refractivity contribution >= 4 is 15.8 Å². The molecule has 3 rings (SSSR count). The van der Waals surface area contributed by atoms with Gasteiger partial charge in [-0.25, -0.2) is 17.2 Å². The van der Waals surface area contributed by atoms with Crippen LogP contribution in [0.15, 0.2) is 53.4 Å². The second-order valence-corrected chi connectivity index (χ2v) is 12.9. The van der Waals surface area contributed by atoms with E-state index >= 15 is 0 Å². The molecule has 0 radical (unpaired) electrons. The van der Waals surface area contributed by atoms with E-state index in [0.29, 0.717) is 13.1 Å². The average Bonchev–Trinajstić information content (AvgIpc) is 2.81. The fraction of sp³-hybridized carbons (Fsp3) is 0.519. The Kier molecular flexibility index (Phi) is 8.06. The van der Waals surface area contributed by atoms with Gasteiger partial charge in [-0.3, -0.25) is 4.79 Å². The van der Waals surface area contributed by atoms with Crippen LogP contribution in [-0.4, -0.2) is 44.8 Å². The van der Waals surface area contributed by atoms with Crippen molar-refractivity contribution in [2.75, 3.05) is 19.7 Å². The molecule has 192 valence electrons. The third kappa shape index (κ3) is 6.67. The highest BCUT2D eigenvalue weighted by atomic mass is 32.2. The first kappa shape index (κ1) is 27.3. The van der Waals surface area contributed by atoms with Crippen molar-refractivity contribution in [2.45, 2.75) is 68.9 Å². The third-order valence-corrected chi connectivity index (χ3v) is 8.73. The number of nitrogens with one attached hydrogen (secondary N) is 1. The number of esters is 1. The van der Waals surface area contributed by atoms with E-state index in [1.807, 2.05) is 32.9 Å². The van der Waals surface area contributed by atoms with E-state index < -0.39 is 26.5 Å². The minimum atomic E-state index is -4.00. The molecule has 35 heavy (non-hydrogen) atoms. The van der Waals surface area contributed by atoms with Gasteiger partial charge in [-0.2, -0.15) is 0 Å². The summed E-state index contributed by atoms with van der Waals surface area (Å²) >= 11 is 0. The lowest BCUT2D eigenvalue weighted by molar-refractivity contribution is -0.150. The number of hydrogen-bond acceptors (Lipinski definition) is 5. The Bertz CT molecular complexity index is 1110. The molecule has 0 bridgehead atoms. The van der Waals surface area contributed by atoms with Crippen LogP contribution >= 0.6 is 0 Å². The summed E-state index contributed by atoms with van der Waals surface area (Å²) in [6.45, 7) is 7.66. The molecule has 1 aliphatic heterocycles. The highest BCUT2D eigenvalue weighted by molar-refractivity contribution is 7.93. The number of alkyl halides is 2. The van der Waals surface area contributed by atoms with Gasteiger partial charge in [0.15, 0.2) is 14.6 Å². The molecule has 0 saturated carbocycles. The van der Waals surface area contributed by atoms with E-state index in [1.54, 1.807) is 24.3 Å². The summed E-state index contributed by atoms with van der Waals surface area (Å²) in [5.74, 6) is -3.39. The zero-order valence-electron chi connectivity index (χ0n) is 20.9. The SMILES string of the molecule is CC(C)(C)COC(=O)C1(S(=O)(=O)c2ccc(-c3ccc(CCC(C)(F)F)cc3)cc2)CCNCC1. The molecule has 5 nitrogen and oxygen atoms in total. The van der Waals surface area contributed by atoms with E-state index in [4.69, 9.17) is 4.74 Å². The molecule has 1 heterocycles. The molecule has 8 heteroatoms. The minimum absolute atomic E-state index is 0.0812. The van der Waals surface area contributed by atoms with Crippen LogP contribution in [0.5, 0.6) is 0 Å². The van der Waals surface area contributed by atoms with Gasteiger partial charge < -0.3 is 10.1 Å². The topological polar surface area (TPSA) is 72.5 Å². The van der Waals surface area contributed by atoms with Crippen molar-refractivity contribution in [2.24, 2.45) is 5.41 Å². The maximum atomic E-state index is 13.7. The third-order valence-electron chi connectivity index (χ3n) is 6.24. The van der Waals surface area contributed by atoms with Crippen molar-refractivity contribution in [1.29, 1.82) is 0 Å². The second kappa shape index (κ2) is 10.3. The van der Waals surface area contributed by atoms with Crippen molar-refractivity contribution < 1.29 is 26.7 Å². The molecule has 1 aliphatic rings. The smallest absolute Gasteiger partial charge is 0.327 e. The van der Waals surface area contributed by atoms with E-state index in [-0.39, 0.29) is 42.6 Å². The summed E-state index contributed by atoms with van der Waals surface area (Å²) in [5.41, 5.74) is 2.19. The fourth-order valence-corrected chi connectivity index (χ4v) is 6.07. The summed E-state index contributed by atoms with van der Waals surface area (Å²) in [5, 5.41) is 3.13. The molecule has 1 N–H and O–H groups in total. The molecule has 1 saturated heterocycles. The number of aryl methyl sites for hydroxylation is 1. The van der Waals surface area contributed by atoms with Crippen molar-refractivity contribution in [3.8, 4) is 11.1 Å². The predicted octanol–water partition coefficient (Wildman–Crippen LogP) is 5.43. The Hall–Kier alpha value is -2.32. The second-order valence-electron chi connectivity index (χ2n) is 10.7. The monoisotopic (exact) mass is 507 g/mol. The van der Waals surface area contributed by atoms with E-state index in [9.17, 15) is 22.0 Å². The van der Waals surface area contributed by atoms with Crippen LogP contribution in [0.3, 0.4) is 0 Å². The summed E-state index contributed by atoms with van der Waals surface area (Å²) in [7, 11) is -4.00. The first-order chi connectivity index (χ1) is 16.2. The van der Waals surface area contributed by atoms with Gasteiger partial charge in [0.1, 0.15) is 0 Å². The Morgan fingerprint density at radius 2 is 1.46 bits per heavy atom. The predicted molar refractivity (Wildman–Crippen MR) is 133 cm³/mol. The van der Waals surface area contributed by atoms with Crippen molar-refractivity contribution in [3.05, 3.63) is 54.1 Å². The Balaban J connectivity index is 1.82. The summed E-state index contributed by atoms with van der Waals surface area (Å²) in [6, 6.07) is 13.8. The van der Waals surface area contributed by atoms with Crippen molar-refractivity contribution in [1.82, 2.24) is 5.32 Å². The van der Waals surface area contributed by atoms with Gasteiger partial charge in [-0.1, -0.05) is 57.2 Å². The lowest BCUT2D eigenvalue weighted by Gasteiger charge is -2.35. The zero-order chi connectivity index (χ0) is 25.9. The van der Waals surface area contributed by atoms with Gasteiger partial charge in [0.2, 0.25) is 5.92 Å². The lowest BCUT2D eigenvalue weighted by atomic mass is 9.96. The van der Waals surface area contributed by atoms with E-state index in [2.05, 4.69) is 5.32 Å². The molecule has 2 aromatic carbocycles. The van der Waals surface area contributed by atoms with Crippen LogP contribution in [0.25, 0.3) is 11.1 Å². The van der Waals surface area contributed by atoms with Crippen molar-refractivity contribution in [3.63, 3.8) is 0 Å². The average molecular weight is 508 g/mol. The number of ether oxygens (including phenoxy) is 1. The lowest BCUT2D eigenvalue weighted by Crippen LogP contribution is -2.54. The molecule has 0 amide bonds. The first-order valence-electron chi connectivity index (χ1n) is 11.9. The molecule has 2 aromatic rings. The van der Waals surface area contributed by atoms with Gasteiger partial charge in [-0.05, 0) is 73.5 Å². The fourth-order valence-electron chi connectivity index (χ4n) is 4.11. The largest absolute Gasteiger partial charge is 0.464 e. The standard InChI is InChI=1S/C27H35F2NO4S/c1-25(2,3)19-34-24(31)27(15-17-30-18-16-27)35(32,33)23-11-9-22(10-12-23)21-7-5-20(6-8-21)13-14-26(4,28)29/h5-12,30H,13-19H2,1-4H3. The molecule has 0 aromatic heterocycles. The van der Waals surface area contributed by atoms with Crippen LogP contribution < -0.4 is 5.32 Å². The van der Waals surface area contributed by atoms with Crippen LogP contribution in [-0.2, 0) is 25.8 Å².